The standard InChI is InChI=1S/C12H20F2N3O13P3/c1-4-6(13)9(15)16-11(19)17(4)10-12(3,14)8(18)7(27-10)5(2)28-32(23,24)30-33(25,26)29-31(20,21)22/h5,7-8,10,18H,1-3H3,(H,23,24)(H,25,26)(H2,15,16,19)(H2,20,21,22)/t5-,7-,8?,10-,12-/m1/s1. The van der Waals surface area contributed by atoms with Gasteiger partial charge in [-0.15, -0.1) is 0 Å². The van der Waals surface area contributed by atoms with Crippen LogP contribution in [-0.4, -0.2) is 58.2 Å². The fourth-order valence-electron chi connectivity index (χ4n) is 2.99. The summed E-state index contributed by atoms with van der Waals surface area (Å²) in [5.74, 6) is -1.95. The molecule has 7 atom stereocenters. The maximum absolute atomic E-state index is 15.3. The van der Waals surface area contributed by atoms with E-state index < -0.39 is 76.7 Å². The zero-order valence-electron chi connectivity index (χ0n) is 16.9. The van der Waals surface area contributed by atoms with Crippen molar-refractivity contribution in [2.24, 2.45) is 0 Å². The number of nitrogen functional groups attached to an aromatic ring is 1. The molecule has 1 aromatic heterocycles. The second-order valence-electron chi connectivity index (χ2n) is 7.00. The van der Waals surface area contributed by atoms with Crippen molar-refractivity contribution >= 4 is 29.3 Å². The van der Waals surface area contributed by atoms with Crippen LogP contribution in [0.4, 0.5) is 14.6 Å². The summed E-state index contributed by atoms with van der Waals surface area (Å²) in [7, 11) is -17.1. The minimum absolute atomic E-state index is 0.409. The molecule has 1 fully saturated rings. The van der Waals surface area contributed by atoms with Crippen LogP contribution in [0, 0.1) is 12.7 Å². The molecule has 1 saturated heterocycles. The fraction of sp³-hybridized carbons (Fsp3) is 0.667. The molecule has 0 saturated carbocycles. The van der Waals surface area contributed by atoms with Gasteiger partial charge in [0, 0.05) is 0 Å². The molecule has 1 aliphatic heterocycles. The highest BCUT2D eigenvalue weighted by Crippen LogP contribution is 2.66. The largest absolute Gasteiger partial charge is 0.490 e. The zero-order valence-corrected chi connectivity index (χ0v) is 19.6. The Morgan fingerprint density at radius 2 is 1.76 bits per heavy atom. The molecule has 0 radical (unpaired) electrons. The van der Waals surface area contributed by atoms with Crippen LogP contribution >= 0.6 is 23.5 Å². The Morgan fingerprint density at radius 3 is 2.27 bits per heavy atom. The molecule has 2 heterocycles. The van der Waals surface area contributed by atoms with Gasteiger partial charge in [-0.25, -0.2) is 27.3 Å². The van der Waals surface area contributed by atoms with E-state index in [1.54, 1.807) is 0 Å². The molecule has 0 aliphatic carbocycles. The van der Waals surface area contributed by atoms with E-state index in [0.29, 0.717) is 4.57 Å². The first kappa shape index (κ1) is 28.1. The molecule has 1 aromatic rings. The molecule has 7 N–H and O–H groups in total. The molecule has 190 valence electrons. The predicted octanol–water partition coefficient (Wildman–Crippen LogP) is -0.00868. The molecule has 33 heavy (non-hydrogen) atoms. The molecule has 21 heteroatoms. The van der Waals surface area contributed by atoms with Gasteiger partial charge in [0.1, 0.15) is 12.2 Å². The van der Waals surface area contributed by atoms with Gasteiger partial charge >= 0.3 is 29.2 Å². The third-order valence-corrected chi connectivity index (χ3v) is 8.32. The van der Waals surface area contributed by atoms with Crippen LogP contribution in [0.25, 0.3) is 0 Å². The molecule has 3 unspecified atom stereocenters. The van der Waals surface area contributed by atoms with E-state index >= 15 is 4.39 Å². The summed E-state index contributed by atoms with van der Waals surface area (Å²) in [6.45, 7) is 2.73. The van der Waals surface area contributed by atoms with Crippen LogP contribution in [-0.2, 0) is 31.6 Å². The minimum atomic E-state index is -5.83. The Morgan fingerprint density at radius 1 is 1.21 bits per heavy atom. The van der Waals surface area contributed by atoms with E-state index in [-0.39, 0.29) is 0 Å². The lowest BCUT2D eigenvalue weighted by atomic mass is 9.96. The highest BCUT2D eigenvalue weighted by atomic mass is 31.3. The maximum Gasteiger partial charge on any atom is 0.490 e. The van der Waals surface area contributed by atoms with Gasteiger partial charge in [0.05, 0.1) is 11.8 Å². The topological polar surface area (TPSA) is 250 Å². The van der Waals surface area contributed by atoms with Gasteiger partial charge in [0.2, 0.25) is 0 Å². The average Bonchev–Trinajstić information content (AvgIpc) is 2.80. The number of alkyl halides is 1. The van der Waals surface area contributed by atoms with Gasteiger partial charge in [-0.2, -0.15) is 13.6 Å². The Balaban J connectivity index is 2.30. The van der Waals surface area contributed by atoms with Gasteiger partial charge in [-0.05, 0) is 20.8 Å². The van der Waals surface area contributed by atoms with E-state index in [2.05, 4.69) is 18.1 Å². The predicted molar refractivity (Wildman–Crippen MR) is 101 cm³/mol. The van der Waals surface area contributed by atoms with Crippen molar-refractivity contribution in [3.8, 4) is 0 Å². The van der Waals surface area contributed by atoms with E-state index in [4.69, 9.17) is 20.3 Å². The van der Waals surface area contributed by atoms with Crippen molar-refractivity contribution in [3.63, 3.8) is 0 Å². The number of hydrogen-bond donors (Lipinski definition) is 6. The number of aliphatic hydroxyl groups is 1. The van der Waals surface area contributed by atoms with Gasteiger partial charge < -0.3 is 35.2 Å². The molecule has 1 aliphatic rings. The smallest absolute Gasteiger partial charge is 0.387 e. The monoisotopic (exact) mass is 545 g/mol. The van der Waals surface area contributed by atoms with E-state index in [1.165, 1.54) is 0 Å². The Labute approximate surface area is 183 Å². The zero-order chi connectivity index (χ0) is 25.7. The van der Waals surface area contributed by atoms with Crippen molar-refractivity contribution in [2.45, 2.75) is 51.0 Å². The number of hydrogen-bond acceptors (Lipinski definition) is 11. The van der Waals surface area contributed by atoms with E-state index in [9.17, 15) is 37.8 Å². The molecule has 0 amide bonds. The molecule has 0 spiro atoms. The number of phosphoric ester groups is 1. The summed E-state index contributed by atoms with van der Waals surface area (Å²) in [6.07, 6.45) is -7.90. The molecule has 2 rings (SSSR count). The van der Waals surface area contributed by atoms with Crippen molar-refractivity contribution in [1.82, 2.24) is 9.55 Å². The minimum Gasteiger partial charge on any atom is -0.387 e. The Kier molecular flexibility index (Phi) is 7.79. The average molecular weight is 545 g/mol. The van der Waals surface area contributed by atoms with Gasteiger partial charge in [-0.1, -0.05) is 0 Å². The number of aromatic nitrogens is 2. The summed E-state index contributed by atoms with van der Waals surface area (Å²) < 4.78 is 80.7. The summed E-state index contributed by atoms with van der Waals surface area (Å²) in [4.78, 5) is 51.2. The fourth-order valence-corrected chi connectivity index (χ4v) is 6.19. The van der Waals surface area contributed by atoms with Crippen molar-refractivity contribution < 1.29 is 65.0 Å². The SMILES string of the molecule is Cc1c(F)c(N)nc(=O)n1[C@@H]1O[C@H]([C@@H](C)OP(=O)(O)OP(=O)(O)OP(=O)(O)O)C(O)[C@@]1(C)F. The second-order valence-corrected chi connectivity index (χ2v) is 11.4. The van der Waals surface area contributed by atoms with Gasteiger partial charge in [0.25, 0.3) is 0 Å². The van der Waals surface area contributed by atoms with E-state index in [1.807, 2.05) is 0 Å². The normalized spacial score (nSPS) is 30.5. The number of ether oxygens (including phenoxy) is 1. The molecular formula is C12H20F2N3O13P3. The van der Waals surface area contributed by atoms with Crippen LogP contribution in [0.3, 0.4) is 0 Å². The van der Waals surface area contributed by atoms with E-state index in [0.717, 1.165) is 20.8 Å². The van der Waals surface area contributed by atoms with Gasteiger partial charge in [0.15, 0.2) is 23.5 Å². The maximum atomic E-state index is 15.3. The van der Waals surface area contributed by atoms with Crippen molar-refractivity contribution in [1.29, 1.82) is 0 Å². The quantitative estimate of drug-likeness (QED) is 0.235. The first-order valence-corrected chi connectivity index (χ1v) is 13.1. The highest BCUT2D eigenvalue weighted by Gasteiger charge is 2.58. The Bertz CT molecular complexity index is 1120. The lowest BCUT2D eigenvalue weighted by Gasteiger charge is -2.26. The molecular weight excluding hydrogens is 525 g/mol. The molecule has 0 aromatic carbocycles. The number of rotatable bonds is 8. The number of halogens is 2. The molecule has 0 bridgehead atoms. The first-order valence-electron chi connectivity index (χ1n) is 8.57. The number of aliphatic hydroxyl groups excluding tert-OH is 1. The number of nitrogens with two attached hydrogens (primary N) is 1. The summed E-state index contributed by atoms with van der Waals surface area (Å²) in [6, 6.07) is 0. The third kappa shape index (κ3) is 6.31. The van der Waals surface area contributed by atoms with Crippen LogP contribution < -0.4 is 11.4 Å². The van der Waals surface area contributed by atoms with Crippen LogP contribution in [0.2, 0.25) is 0 Å². The summed E-state index contributed by atoms with van der Waals surface area (Å²) >= 11 is 0. The van der Waals surface area contributed by atoms with Crippen LogP contribution in [0.15, 0.2) is 4.79 Å². The van der Waals surface area contributed by atoms with Crippen molar-refractivity contribution in [3.05, 3.63) is 22.0 Å². The summed E-state index contributed by atoms with van der Waals surface area (Å²) in [5.41, 5.74) is 0.656. The lowest BCUT2D eigenvalue weighted by Crippen LogP contribution is -2.45. The first-order chi connectivity index (χ1) is 14.7. The highest BCUT2D eigenvalue weighted by molar-refractivity contribution is 7.66. The Hall–Kier alpha value is -1.13. The second kappa shape index (κ2) is 9.15. The van der Waals surface area contributed by atoms with Crippen LogP contribution in [0.1, 0.15) is 25.8 Å². The number of anilines is 1. The lowest BCUT2D eigenvalue weighted by molar-refractivity contribution is -0.0815. The summed E-state index contributed by atoms with van der Waals surface area (Å²) in [5, 5.41) is 10.3. The molecule has 16 nitrogen and oxygen atoms in total. The number of nitrogens with zero attached hydrogens (tertiary/aromatic N) is 2. The van der Waals surface area contributed by atoms with Crippen LogP contribution in [0.5, 0.6) is 0 Å². The van der Waals surface area contributed by atoms with Gasteiger partial charge in [-0.3, -0.25) is 9.09 Å². The third-order valence-electron chi connectivity index (χ3n) is 4.40. The van der Waals surface area contributed by atoms with Crippen molar-refractivity contribution in [2.75, 3.05) is 5.73 Å². The number of phosphoric acid groups is 3.